The second-order valence-corrected chi connectivity index (χ2v) is 5.00. The molecule has 17 heavy (non-hydrogen) atoms. The lowest BCUT2D eigenvalue weighted by molar-refractivity contribution is -0.146. The first kappa shape index (κ1) is 13.5. The van der Waals surface area contributed by atoms with Crippen LogP contribution in [0.1, 0.15) is 20.8 Å². The van der Waals surface area contributed by atoms with Gasteiger partial charge in [-0.05, 0) is 17.5 Å². The van der Waals surface area contributed by atoms with Gasteiger partial charge in [-0.2, -0.15) is 0 Å². The van der Waals surface area contributed by atoms with Crippen LogP contribution in [0.2, 0.25) is 0 Å². The van der Waals surface area contributed by atoms with Gasteiger partial charge in [0.2, 0.25) is 0 Å². The molecule has 1 rings (SSSR count). The Labute approximate surface area is 100 Å². The van der Waals surface area contributed by atoms with Crippen molar-refractivity contribution in [1.29, 1.82) is 0 Å². The number of aliphatic carboxylic acids is 1. The number of hydrogen-bond acceptors (Lipinski definition) is 2. The van der Waals surface area contributed by atoms with Crippen molar-refractivity contribution in [2.24, 2.45) is 11.3 Å². The minimum atomic E-state index is -0.936. The van der Waals surface area contributed by atoms with E-state index >= 15 is 0 Å². The highest BCUT2D eigenvalue weighted by Crippen LogP contribution is 2.27. The van der Waals surface area contributed by atoms with Crippen molar-refractivity contribution in [3.63, 3.8) is 0 Å². The van der Waals surface area contributed by atoms with Gasteiger partial charge in [0.1, 0.15) is 6.61 Å². The van der Waals surface area contributed by atoms with Crippen molar-refractivity contribution in [1.82, 2.24) is 0 Å². The minimum absolute atomic E-state index is 0.0419. The van der Waals surface area contributed by atoms with Crippen molar-refractivity contribution in [3.8, 4) is 5.75 Å². The molecule has 0 heterocycles. The molecule has 1 atom stereocenters. The fourth-order valence-corrected chi connectivity index (χ4v) is 1.43. The highest BCUT2D eigenvalue weighted by molar-refractivity contribution is 5.71. The maximum absolute atomic E-state index is 13.3. The number of hydrogen-bond donors (Lipinski definition) is 1. The summed E-state index contributed by atoms with van der Waals surface area (Å²) in [6.07, 6.45) is 0. The second kappa shape index (κ2) is 5.17. The number of para-hydroxylation sites is 1. The number of rotatable bonds is 4. The van der Waals surface area contributed by atoms with E-state index in [1.165, 1.54) is 12.1 Å². The molecular weight excluding hydrogens is 223 g/mol. The molecule has 0 saturated heterocycles. The van der Waals surface area contributed by atoms with Gasteiger partial charge in [0.25, 0.3) is 0 Å². The van der Waals surface area contributed by atoms with E-state index < -0.39 is 23.1 Å². The zero-order valence-corrected chi connectivity index (χ0v) is 10.2. The molecule has 1 aromatic carbocycles. The number of carboxylic acids is 1. The Hall–Kier alpha value is -1.58. The van der Waals surface area contributed by atoms with E-state index in [-0.39, 0.29) is 12.4 Å². The first-order valence-electron chi connectivity index (χ1n) is 5.42. The summed E-state index contributed by atoms with van der Waals surface area (Å²) in [4.78, 5) is 11.1. The van der Waals surface area contributed by atoms with E-state index in [1.807, 2.05) is 20.8 Å². The van der Waals surface area contributed by atoms with Gasteiger partial charge in [-0.25, -0.2) is 4.39 Å². The fourth-order valence-electron chi connectivity index (χ4n) is 1.43. The maximum atomic E-state index is 13.3. The SMILES string of the molecule is CC(C)(C)C(COc1ccccc1F)C(=O)O. The van der Waals surface area contributed by atoms with E-state index in [1.54, 1.807) is 12.1 Å². The summed E-state index contributed by atoms with van der Waals surface area (Å²) < 4.78 is 18.5. The monoisotopic (exact) mass is 240 g/mol. The Morgan fingerprint density at radius 2 is 2.00 bits per heavy atom. The second-order valence-electron chi connectivity index (χ2n) is 5.00. The van der Waals surface area contributed by atoms with Crippen molar-refractivity contribution >= 4 is 5.97 Å². The van der Waals surface area contributed by atoms with Crippen LogP contribution in [-0.4, -0.2) is 17.7 Å². The van der Waals surface area contributed by atoms with E-state index in [0.29, 0.717) is 0 Å². The summed E-state index contributed by atoms with van der Waals surface area (Å²) in [5.41, 5.74) is -0.433. The summed E-state index contributed by atoms with van der Waals surface area (Å²) in [6, 6.07) is 5.96. The molecule has 0 amide bonds. The minimum Gasteiger partial charge on any atom is -0.490 e. The summed E-state index contributed by atoms with van der Waals surface area (Å²) in [5, 5.41) is 9.08. The van der Waals surface area contributed by atoms with Crippen molar-refractivity contribution in [3.05, 3.63) is 30.1 Å². The van der Waals surface area contributed by atoms with Crippen LogP contribution in [0.4, 0.5) is 4.39 Å². The van der Waals surface area contributed by atoms with Gasteiger partial charge in [-0.3, -0.25) is 4.79 Å². The Bertz CT molecular complexity index is 396. The third-order valence-electron chi connectivity index (χ3n) is 2.59. The first-order chi connectivity index (χ1) is 7.82. The van der Waals surface area contributed by atoms with Crippen LogP contribution in [0.15, 0.2) is 24.3 Å². The number of carbonyl (C=O) groups is 1. The summed E-state index contributed by atoms with van der Waals surface area (Å²) in [5.74, 6) is -2.01. The van der Waals surface area contributed by atoms with Gasteiger partial charge in [0, 0.05) is 0 Å². The molecule has 4 heteroatoms. The number of carboxylic acid groups (broad SMARTS) is 1. The Morgan fingerprint density at radius 1 is 1.41 bits per heavy atom. The van der Waals surface area contributed by atoms with Gasteiger partial charge in [-0.15, -0.1) is 0 Å². The molecule has 0 spiro atoms. The zero-order chi connectivity index (χ0) is 13.1. The average Bonchev–Trinajstić information content (AvgIpc) is 2.18. The lowest BCUT2D eigenvalue weighted by Gasteiger charge is -2.26. The van der Waals surface area contributed by atoms with Gasteiger partial charge < -0.3 is 9.84 Å². The lowest BCUT2D eigenvalue weighted by atomic mass is 9.81. The smallest absolute Gasteiger partial charge is 0.310 e. The molecular formula is C13H17FO3. The molecule has 1 N–H and O–H groups in total. The third kappa shape index (κ3) is 3.73. The lowest BCUT2D eigenvalue weighted by Crippen LogP contribution is -2.33. The molecule has 1 unspecified atom stereocenters. The first-order valence-corrected chi connectivity index (χ1v) is 5.42. The molecule has 0 radical (unpaired) electrons. The van der Waals surface area contributed by atoms with Gasteiger partial charge in [0.15, 0.2) is 11.6 Å². The molecule has 0 fully saturated rings. The predicted molar refractivity (Wildman–Crippen MR) is 62.5 cm³/mol. The fraction of sp³-hybridized carbons (Fsp3) is 0.462. The molecule has 0 saturated carbocycles. The molecule has 3 nitrogen and oxygen atoms in total. The maximum Gasteiger partial charge on any atom is 0.310 e. The number of benzene rings is 1. The molecule has 0 aliphatic heterocycles. The topological polar surface area (TPSA) is 46.5 Å². The van der Waals surface area contributed by atoms with Crippen LogP contribution in [0.5, 0.6) is 5.75 Å². The Balaban J connectivity index is 2.72. The number of ether oxygens (including phenoxy) is 1. The van der Waals surface area contributed by atoms with Crippen LogP contribution in [0, 0.1) is 17.2 Å². The highest BCUT2D eigenvalue weighted by Gasteiger charge is 2.32. The quantitative estimate of drug-likeness (QED) is 0.880. The Kier molecular flexibility index (Phi) is 4.10. The van der Waals surface area contributed by atoms with Crippen LogP contribution in [0.3, 0.4) is 0 Å². The standard InChI is InChI=1S/C13H17FO3/c1-13(2,3)9(12(15)16)8-17-11-7-5-4-6-10(11)14/h4-7,9H,8H2,1-3H3,(H,15,16). The van der Waals surface area contributed by atoms with Crippen LogP contribution < -0.4 is 4.74 Å². The van der Waals surface area contributed by atoms with Gasteiger partial charge in [0.05, 0.1) is 5.92 Å². The molecule has 0 aliphatic carbocycles. The Morgan fingerprint density at radius 3 is 2.47 bits per heavy atom. The molecule has 0 bridgehead atoms. The third-order valence-corrected chi connectivity index (χ3v) is 2.59. The van der Waals surface area contributed by atoms with Crippen LogP contribution in [0.25, 0.3) is 0 Å². The molecule has 0 aliphatic rings. The number of halogens is 1. The van der Waals surface area contributed by atoms with Crippen molar-refractivity contribution in [2.75, 3.05) is 6.61 Å². The zero-order valence-electron chi connectivity index (χ0n) is 10.2. The van der Waals surface area contributed by atoms with E-state index in [0.717, 1.165) is 0 Å². The molecule has 1 aromatic rings. The largest absolute Gasteiger partial charge is 0.490 e. The van der Waals surface area contributed by atoms with E-state index in [9.17, 15) is 9.18 Å². The summed E-state index contributed by atoms with van der Waals surface area (Å²) >= 11 is 0. The van der Waals surface area contributed by atoms with Gasteiger partial charge in [-0.1, -0.05) is 32.9 Å². The van der Waals surface area contributed by atoms with E-state index in [2.05, 4.69) is 0 Å². The summed E-state index contributed by atoms with van der Waals surface area (Å²) in [6.45, 7) is 5.41. The normalized spacial score (nSPS) is 13.2. The van der Waals surface area contributed by atoms with Crippen LogP contribution >= 0.6 is 0 Å². The predicted octanol–water partition coefficient (Wildman–Crippen LogP) is 2.95. The van der Waals surface area contributed by atoms with Crippen molar-refractivity contribution in [2.45, 2.75) is 20.8 Å². The highest BCUT2D eigenvalue weighted by atomic mass is 19.1. The average molecular weight is 240 g/mol. The van der Waals surface area contributed by atoms with Crippen LogP contribution in [-0.2, 0) is 4.79 Å². The van der Waals surface area contributed by atoms with E-state index in [4.69, 9.17) is 9.84 Å². The van der Waals surface area contributed by atoms with Gasteiger partial charge >= 0.3 is 5.97 Å². The van der Waals surface area contributed by atoms with Crippen molar-refractivity contribution < 1.29 is 19.0 Å². The molecule has 94 valence electrons. The summed E-state index contributed by atoms with van der Waals surface area (Å²) in [7, 11) is 0. The molecule has 0 aromatic heterocycles.